The van der Waals surface area contributed by atoms with Crippen LogP contribution in [0.3, 0.4) is 0 Å². The summed E-state index contributed by atoms with van der Waals surface area (Å²) < 4.78 is 32.8. The molecule has 0 saturated heterocycles. The summed E-state index contributed by atoms with van der Waals surface area (Å²) in [6.45, 7) is 1.46. The van der Waals surface area contributed by atoms with Gasteiger partial charge in [0.1, 0.15) is 5.76 Å². The fourth-order valence-corrected chi connectivity index (χ4v) is 4.64. The smallest absolute Gasteiger partial charge is 0.243 e. The Balaban J connectivity index is 1.87. The second-order valence-electron chi connectivity index (χ2n) is 6.64. The third-order valence-corrected chi connectivity index (χ3v) is 6.93. The molecule has 0 fully saturated rings. The molecule has 6 nitrogen and oxygen atoms in total. The highest BCUT2D eigenvalue weighted by Gasteiger charge is 2.28. The molecule has 0 bridgehead atoms. The van der Waals surface area contributed by atoms with Crippen LogP contribution in [-0.2, 0) is 27.9 Å². The molecule has 1 heterocycles. The SMILES string of the molecule is Cc1ccc(S(=O)(=O)N(CC(=O)NCc2ccco2)Cc2c(Cl)cccc2Cl)cc1. The maximum Gasteiger partial charge on any atom is 0.243 e. The predicted octanol–water partition coefficient (Wildman–Crippen LogP) is 4.40. The van der Waals surface area contributed by atoms with Crippen molar-refractivity contribution in [2.24, 2.45) is 0 Å². The van der Waals surface area contributed by atoms with Gasteiger partial charge < -0.3 is 9.73 Å². The summed E-state index contributed by atoms with van der Waals surface area (Å²) in [5.41, 5.74) is 1.35. The van der Waals surface area contributed by atoms with Crippen LogP contribution < -0.4 is 5.32 Å². The number of nitrogens with one attached hydrogen (secondary N) is 1. The van der Waals surface area contributed by atoms with Crippen LogP contribution in [0, 0.1) is 6.92 Å². The van der Waals surface area contributed by atoms with Gasteiger partial charge in [0.25, 0.3) is 0 Å². The van der Waals surface area contributed by atoms with Gasteiger partial charge in [0.2, 0.25) is 15.9 Å². The van der Waals surface area contributed by atoms with Crippen LogP contribution in [0.2, 0.25) is 10.0 Å². The first-order chi connectivity index (χ1) is 14.3. The van der Waals surface area contributed by atoms with Gasteiger partial charge in [-0.25, -0.2) is 8.42 Å². The van der Waals surface area contributed by atoms with Crippen LogP contribution in [0.15, 0.2) is 70.2 Å². The van der Waals surface area contributed by atoms with Crippen LogP contribution in [0.4, 0.5) is 0 Å². The zero-order valence-electron chi connectivity index (χ0n) is 16.1. The first-order valence-electron chi connectivity index (χ1n) is 9.06. The van der Waals surface area contributed by atoms with E-state index in [1.807, 2.05) is 6.92 Å². The summed E-state index contributed by atoms with van der Waals surface area (Å²) in [6.07, 6.45) is 1.50. The number of nitrogens with zero attached hydrogens (tertiary/aromatic N) is 1. The van der Waals surface area contributed by atoms with Gasteiger partial charge in [-0.1, -0.05) is 47.0 Å². The zero-order chi connectivity index (χ0) is 21.7. The Hall–Kier alpha value is -2.32. The number of rotatable bonds is 8. The van der Waals surface area contributed by atoms with E-state index < -0.39 is 22.5 Å². The van der Waals surface area contributed by atoms with Gasteiger partial charge in [-0.2, -0.15) is 4.31 Å². The van der Waals surface area contributed by atoms with E-state index in [1.54, 1.807) is 42.5 Å². The normalized spacial score (nSPS) is 11.6. The van der Waals surface area contributed by atoms with Crippen LogP contribution in [0.1, 0.15) is 16.9 Å². The topological polar surface area (TPSA) is 79.6 Å². The average molecular weight is 467 g/mol. The Labute approximate surface area is 185 Å². The van der Waals surface area contributed by atoms with Crippen molar-refractivity contribution < 1.29 is 17.6 Å². The van der Waals surface area contributed by atoms with E-state index in [-0.39, 0.29) is 18.0 Å². The summed E-state index contributed by atoms with van der Waals surface area (Å²) in [4.78, 5) is 12.6. The van der Waals surface area contributed by atoms with Gasteiger partial charge in [0, 0.05) is 22.2 Å². The number of carbonyl (C=O) groups is 1. The molecule has 3 aromatic rings. The molecular formula is C21H20Cl2N2O4S. The molecule has 1 amide bonds. The number of aryl methyl sites for hydroxylation is 1. The molecule has 158 valence electrons. The van der Waals surface area contributed by atoms with Crippen molar-refractivity contribution in [3.63, 3.8) is 0 Å². The van der Waals surface area contributed by atoms with Crippen molar-refractivity contribution in [1.82, 2.24) is 9.62 Å². The highest BCUT2D eigenvalue weighted by atomic mass is 35.5. The molecule has 9 heteroatoms. The third-order valence-electron chi connectivity index (χ3n) is 4.41. The monoisotopic (exact) mass is 466 g/mol. The summed E-state index contributed by atoms with van der Waals surface area (Å²) in [5, 5.41) is 3.30. The van der Waals surface area contributed by atoms with Crippen LogP contribution in [0.5, 0.6) is 0 Å². The van der Waals surface area contributed by atoms with Crippen LogP contribution >= 0.6 is 23.2 Å². The van der Waals surface area contributed by atoms with Gasteiger partial charge in [0.05, 0.1) is 24.2 Å². The van der Waals surface area contributed by atoms with Crippen molar-refractivity contribution in [2.75, 3.05) is 6.54 Å². The molecule has 0 aliphatic rings. The maximum absolute atomic E-state index is 13.3. The molecule has 0 spiro atoms. The molecule has 1 N–H and O–H groups in total. The molecule has 2 aromatic carbocycles. The maximum atomic E-state index is 13.3. The number of hydrogen-bond acceptors (Lipinski definition) is 4. The third kappa shape index (κ3) is 5.43. The second kappa shape index (κ2) is 9.66. The number of furan rings is 1. The molecule has 0 aliphatic carbocycles. The predicted molar refractivity (Wildman–Crippen MR) is 116 cm³/mol. The van der Waals surface area contributed by atoms with E-state index in [1.165, 1.54) is 18.4 Å². The van der Waals surface area contributed by atoms with Gasteiger partial charge in [0.15, 0.2) is 0 Å². The molecule has 30 heavy (non-hydrogen) atoms. The molecule has 0 saturated carbocycles. The van der Waals surface area contributed by atoms with Crippen LogP contribution in [0.25, 0.3) is 0 Å². The fraction of sp³-hybridized carbons (Fsp3) is 0.190. The minimum atomic E-state index is -3.98. The van der Waals surface area contributed by atoms with Gasteiger partial charge in [-0.15, -0.1) is 0 Å². The largest absolute Gasteiger partial charge is 0.467 e. The Bertz CT molecular complexity index is 1090. The first kappa shape index (κ1) is 22.4. The Morgan fingerprint density at radius 1 is 1.03 bits per heavy atom. The van der Waals surface area contributed by atoms with E-state index in [2.05, 4.69) is 5.32 Å². The number of benzene rings is 2. The van der Waals surface area contributed by atoms with Gasteiger partial charge in [-0.05, 0) is 43.3 Å². The lowest BCUT2D eigenvalue weighted by Gasteiger charge is -2.23. The number of amides is 1. The van der Waals surface area contributed by atoms with E-state index in [0.717, 1.165) is 9.87 Å². The molecule has 0 aliphatic heterocycles. The highest BCUT2D eigenvalue weighted by molar-refractivity contribution is 7.89. The minimum Gasteiger partial charge on any atom is -0.467 e. The molecule has 0 unspecified atom stereocenters. The molecule has 1 aromatic heterocycles. The molecule has 0 atom stereocenters. The van der Waals surface area contributed by atoms with Crippen molar-refractivity contribution in [2.45, 2.75) is 24.9 Å². The van der Waals surface area contributed by atoms with Crippen molar-refractivity contribution in [1.29, 1.82) is 0 Å². The lowest BCUT2D eigenvalue weighted by molar-refractivity contribution is -0.121. The standard InChI is InChI=1S/C21H20Cl2N2O4S/c1-15-7-9-17(10-8-15)30(27,28)25(13-18-19(22)5-2-6-20(18)23)14-21(26)24-12-16-4-3-11-29-16/h2-11H,12-14H2,1H3,(H,24,26). The summed E-state index contributed by atoms with van der Waals surface area (Å²) >= 11 is 12.5. The van der Waals surface area contributed by atoms with E-state index >= 15 is 0 Å². The van der Waals surface area contributed by atoms with E-state index in [4.69, 9.17) is 27.6 Å². The van der Waals surface area contributed by atoms with E-state index in [9.17, 15) is 13.2 Å². The van der Waals surface area contributed by atoms with Crippen LogP contribution in [-0.4, -0.2) is 25.2 Å². The highest BCUT2D eigenvalue weighted by Crippen LogP contribution is 2.28. The Morgan fingerprint density at radius 2 is 1.70 bits per heavy atom. The lowest BCUT2D eigenvalue weighted by Crippen LogP contribution is -2.40. The lowest BCUT2D eigenvalue weighted by atomic mass is 10.2. The number of carbonyl (C=O) groups excluding carboxylic acids is 1. The molecule has 3 rings (SSSR count). The zero-order valence-corrected chi connectivity index (χ0v) is 18.5. The molecular weight excluding hydrogens is 447 g/mol. The number of hydrogen-bond donors (Lipinski definition) is 1. The minimum absolute atomic E-state index is 0.0788. The van der Waals surface area contributed by atoms with Gasteiger partial charge >= 0.3 is 0 Å². The summed E-state index contributed by atoms with van der Waals surface area (Å²) in [7, 11) is -3.98. The quantitative estimate of drug-likeness (QED) is 0.533. The number of halogens is 2. The summed E-state index contributed by atoms with van der Waals surface area (Å²) in [6, 6.07) is 14.7. The van der Waals surface area contributed by atoms with Crippen molar-refractivity contribution >= 4 is 39.1 Å². The average Bonchev–Trinajstić information content (AvgIpc) is 3.22. The Kier molecular flexibility index (Phi) is 7.20. The fourth-order valence-electron chi connectivity index (χ4n) is 2.76. The summed E-state index contributed by atoms with van der Waals surface area (Å²) in [5.74, 6) is 0.0794. The van der Waals surface area contributed by atoms with Gasteiger partial charge in [-0.3, -0.25) is 4.79 Å². The van der Waals surface area contributed by atoms with E-state index in [0.29, 0.717) is 21.4 Å². The second-order valence-corrected chi connectivity index (χ2v) is 9.39. The molecule has 0 radical (unpaired) electrons. The number of sulfonamides is 1. The van der Waals surface area contributed by atoms with Crippen molar-refractivity contribution in [3.8, 4) is 0 Å². The van der Waals surface area contributed by atoms with Crippen molar-refractivity contribution in [3.05, 3.63) is 87.8 Å². The first-order valence-corrected chi connectivity index (χ1v) is 11.3. The Morgan fingerprint density at radius 3 is 2.30 bits per heavy atom.